The molecule has 1 aromatic carbocycles. The average Bonchev–Trinajstić information content (AvgIpc) is 2.51. The minimum Gasteiger partial charge on any atom is -0.489 e. The summed E-state index contributed by atoms with van der Waals surface area (Å²) in [5.41, 5.74) is 0.514. The number of aromatic amines is 1. The van der Waals surface area contributed by atoms with E-state index in [-0.39, 0.29) is 5.56 Å². The van der Waals surface area contributed by atoms with Crippen molar-refractivity contribution in [2.24, 2.45) is 0 Å². The van der Waals surface area contributed by atoms with Gasteiger partial charge in [0, 0.05) is 11.5 Å². The van der Waals surface area contributed by atoms with E-state index >= 15 is 0 Å². The number of aromatic nitrogens is 1. The summed E-state index contributed by atoms with van der Waals surface area (Å²) in [5, 5.41) is 20.4. The van der Waals surface area contributed by atoms with Gasteiger partial charge in [-0.25, -0.2) is 0 Å². The Kier molecular flexibility index (Phi) is 5.80. The van der Waals surface area contributed by atoms with E-state index in [1.54, 1.807) is 13.8 Å². The second-order valence-electron chi connectivity index (χ2n) is 6.61. The summed E-state index contributed by atoms with van der Waals surface area (Å²) < 4.78 is 5.74. The van der Waals surface area contributed by atoms with E-state index in [4.69, 9.17) is 4.74 Å². The zero-order valence-corrected chi connectivity index (χ0v) is 14.4. The van der Waals surface area contributed by atoms with Gasteiger partial charge < -0.3 is 19.9 Å². The van der Waals surface area contributed by atoms with Crippen LogP contribution in [-0.4, -0.2) is 33.5 Å². The average molecular weight is 331 g/mol. The molecule has 5 nitrogen and oxygen atoms in total. The van der Waals surface area contributed by atoms with Gasteiger partial charge in [0.1, 0.15) is 12.4 Å². The highest BCUT2D eigenvalue weighted by Crippen LogP contribution is 2.22. The molecule has 0 saturated heterocycles. The number of allylic oxidation sites excluding steroid dienone is 1. The normalized spacial score (nSPS) is 14.0. The molecule has 0 aliphatic heterocycles. The molecule has 5 heteroatoms. The molecule has 0 amide bonds. The first-order valence-corrected chi connectivity index (χ1v) is 8.08. The van der Waals surface area contributed by atoms with Gasteiger partial charge in [-0.1, -0.05) is 17.7 Å². The fourth-order valence-electron chi connectivity index (χ4n) is 2.39. The van der Waals surface area contributed by atoms with Crippen molar-refractivity contribution in [3.8, 4) is 5.75 Å². The summed E-state index contributed by atoms with van der Waals surface area (Å²) in [6, 6.07) is 8.94. The van der Waals surface area contributed by atoms with Gasteiger partial charge in [-0.3, -0.25) is 4.79 Å². The Morgan fingerprint density at radius 3 is 2.79 bits per heavy atom. The zero-order valence-electron chi connectivity index (χ0n) is 14.4. The van der Waals surface area contributed by atoms with Crippen LogP contribution in [0.2, 0.25) is 0 Å². The summed E-state index contributed by atoms with van der Waals surface area (Å²) in [6.45, 7) is 5.49. The number of rotatable bonds is 7. The lowest BCUT2D eigenvalue weighted by atomic mass is 9.96. The lowest BCUT2D eigenvalue weighted by molar-refractivity contribution is -0.0509. The molecule has 0 spiro atoms. The van der Waals surface area contributed by atoms with Gasteiger partial charge in [-0.15, -0.1) is 0 Å². The van der Waals surface area contributed by atoms with Crippen LogP contribution in [0.25, 0.3) is 10.9 Å². The van der Waals surface area contributed by atoms with Crippen LogP contribution in [0.3, 0.4) is 0 Å². The molecule has 130 valence electrons. The molecule has 1 heterocycles. The van der Waals surface area contributed by atoms with Crippen LogP contribution in [-0.2, 0) is 0 Å². The molecule has 0 radical (unpaired) electrons. The fraction of sp³-hybridized carbons (Fsp3) is 0.421. The molecule has 2 aromatic rings. The summed E-state index contributed by atoms with van der Waals surface area (Å²) in [6.07, 6.45) is 2.32. The number of nitrogens with one attached hydrogen (secondary N) is 1. The maximum atomic E-state index is 11.7. The second kappa shape index (κ2) is 7.64. The molecular formula is C19H25NO4. The predicted octanol–water partition coefficient (Wildman–Crippen LogP) is 2.77. The van der Waals surface area contributed by atoms with Gasteiger partial charge in [0.05, 0.1) is 17.2 Å². The highest BCUT2D eigenvalue weighted by atomic mass is 16.5. The summed E-state index contributed by atoms with van der Waals surface area (Å²) in [5.74, 6) is 0.551. The third kappa shape index (κ3) is 4.94. The monoisotopic (exact) mass is 331 g/mol. The molecular weight excluding hydrogens is 306 g/mol. The Bertz CT molecular complexity index is 771. The predicted molar refractivity (Wildman–Crippen MR) is 95.4 cm³/mol. The third-order valence-corrected chi connectivity index (χ3v) is 4.01. The minimum absolute atomic E-state index is 0.197. The van der Waals surface area contributed by atoms with Gasteiger partial charge in [-0.05, 0) is 51.8 Å². The van der Waals surface area contributed by atoms with Crippen molar-refractivity contribution in [2.45, 2.75) is 45.3 Å². The highest BCUT2D eigenvalue weighted by molar-refractivity contribution is 5.84. The number of aliphatic hydroxyl groups excluding tert-OH is 1. The molecule has 3 N–H and O–H groups in total. The van der Waals surface area contributed by atoms with E-state index < -0.39 is 11.7 Å². The number of H-pyrrole nitrogens is 1. The van der Waals surface area contributed by atoms with Crippen LogP contribution in [0.1, 0.15) is 33.6 Å². The lowest BCUT2D eigenvalue weighted by Gasteiger charge is -2.24. The summed E-state index contributed by atoms with van der Waals surface area (Å²) in [7, 11) is 0. The summed E-state index contributed by atoms with van der Waals surface area (Å²) in [4.78, 5) is 14.4. The zero-order chi connectivity index (χ0) is 17.7. The van der Waals surface area contributed by atoms with Crippen LogP contribution in [0.5, 0.6) is 5.75 Å². The van der Waals surface area contributed by atoms with Crippen LogP contribution in [0, 0.1) is 0 Å². The maximum absolute atomic E-state index is 11.7. The molecule has 1 aromatic heterocycles. The molecule has 0 bridgehead atoms. The fourth-order valence-corrected chi connectivity index (χ4v) is 2.39. The number of ether oxygens (including phenoxy) is 1. The standard InChI is InChI=1S/C19H25NO4/c1-13(8-9-17(21)19(2,3)23)10-11-24-16-12-18(22)20-15-7-5-4-6-14(15)16/h4-7,10,12,17,21,23H,8-9,11H2,1-3H3,(H,20,22)/t17-/m1/s1. The molecule has 0 fully saturated rings. The highest BCUT2D eigenvalue weighted by Gasteiger charge is 2.23. The van der Waals surface area contributed by atoms with Crippen molar-refractivity contribution in [3.05, 3.63) is 52.3 Å². The second-order valence-corrected chi connectivity index (χ2v) is 6.61. The molecule has 2 rings (SSSR count). The quantitative estimate of drug-likeness (QED) is 0.681. The van der Waals surface area contributed by atoms with Crippen LogP contribution < -0.4 is 10.3 Å². The van der Waals surface area contributed by atoms with Gasteiger partial charge >= 0.3 is 0 Å². The number of para-hydroxylation sites is 1. The van der Waals surface area contributed by atoms with E-state index in [0.29, 0.717) is 25.2 Å². The Balaban J connectivity index is 1.97. The first kappa shape index (κ1) is 18.2. The molecule has 24 heavy (non-hydrogen) atoms. The van der Waals surface area contributed by atoms with E-state index in [1.165, 1.54) is 6.07 Å². The molecule has 0 saturated carbocycles. The van der Waals surface area contributed by atoms with Crippen molar-refractivity contribution in [2.75, 3.05) is 6.61 Å². The van der Waals surface area contributed by atoms with Crippen LogP contribution in [0.4, 0.5) is 0 Å². The smallest absolute Gasteiger partial charge is 0.252 e. The van der Waals surface area contributed by atoms with E-state index in [0.717, 1.165) is 16.5 Å². The van der Waals surface area contributed by atoms with Crippen molar-refractivity contribution in [1.82, 2.24) is 4.98 Å². The molecule has 0 aliphatic rings. The Hall–Kier alpha value is -2.11. The van der Waals surface area contributed by atoms with E-state index in [2.05, 4.69) is 4.98 Å². The number of fused-ring (bicyclic) bond motifs is 1. The molecule has 0 aliphatic carbocycles. The van der Waals surface area contributed by atoms with Crippen molar-refractivity contribution < 1.29 is 14.9 Å². The van der Waals surface area contributed by atoms with Gasteiger partial charge in [0.25, 0.3) is 5.56 Å². The number of benzene rings is 1. The van der Waals surface area contributed by atoms with Gasteiger partial charge in [-0.2, -0.15) is 0 Å². The third-order valence-electron chi connectivity index (χ3n) is 4.01. The number of hydrogen-bond donors (Lipinski definition) is 3. The minimum atomic E-state index is -1.10. The van der Waals surface area contributed by atoms with Crippen LogP contribution >= 0.6 is 0 Å². The lowest BCUT2D eigenvalue weighted by Crippen LogP contribution is -2.35. The number of hydrogen-bond acceptors (Lipinski definition) is 4. The van der Waals surface area contributed by atoms with Gasteiger partial charge in [0.2, 0.25) is 0 Å². The first-order valence-electron chi connectivity index (χ1n) is 8.08. The Labute approximate surface area is 141 Å². The number of pyridine rings is 1. The van der Waals surface area contributed by atoms with E-state index in [9.17, 15) is 15.0 Å². The molecule has 0 unspecified atom stereocenters. The van der Waals surface area contributed by atoms with Crippen molar-refractivity contribution >= 4 is 10.9 Å². The first-order chi connectivity index (χ1) is 11.3. The van der Waals surface area contributed by atoms with Crippen LogP contribution in [0.15, 0.2) is 46.8 Å². The van der Waals surface area contributed by atoms with Crippen molar-refractivity contribution in [1.29, 1.82) is 0 Å². The maximum Gasteiger partial charge on any atom is 0.252 e. The van der Waals surface area contributed by atoms with Crippen molar-refractivity contribution in [3.63, 3.8) is 0 Å². The molecule has 1 atom stereocenters. The largest absolute Gasteiger partial charge is 0.489 e. The van der Waals surface area contributed by atoms with Gasteiger partial charge in [0.15, 0.2) is 0 Å². The Morgan fingerprint density at radius 2 is 2.08 bits per heavy atom. The topological polar surface area (TPSA) is 82.6 Å². The van der Waals surface area contributed by atoms with E-state index in [1.807, 2.05) is 37.3 Å². The number of aliphatic hydroxyl groups is 2. The Morgan fingerprint density at radius 1 is 1.38 bits per heavy atom. The SMILES string of the molecule is CC(=CCOc1cc(=O)[nH]c2ccccc12)CC[C@@H](O)C(C)(C)O. The summed E-state index contributed by atoms with van der Waals surface area (Å²) >= 11 is 0.